The Hall–Kier alpha value is -3.05. The second-order valence-corrected chi connectivity index (χ2v) is 8.44. The highest BCUT2D eigenvalue weighted by Gasteiger charge is 2.28. The van der Waals surface area contributed by atoms with Crippen molar-refractivity contribution in [2.24, 2.45) is 0 Å². The van der Waals surface area contributed by atoms with E-state index in [1.54, 1.807) is 0 Å². The average molecular weight is 477 g/mol. The minimum atomic E-state index is -0.206. The summed E-state index contributed by atoms with van der Waals surface area (Å²) in [5.74, 6) is 0.618. The van der Waals surface area contributed by atoms with E-state index in [0.29, 0.717) is 12.3 Å². The van der Waals surface area contributed by atoms with Crippen LogP contribution in [0.25, 0.3) is 10.9 Å². The van der Waals surface area contributed by atoms with Crippen molar-refractivity contribution in [3.05, 3.63) is 100 Å². The van der Waals surface area contributed by atoms with Crippen LogP contribution in [0.1, 0.15) is 29.7 Å². The molecule has 0 spiro atoms. The number of aromatic amines is 1. The smallest absolute Gasteiger partial charge is 0.261 e. The number of benzene rings is 3. The number of amides is 1. The molecule has 1 aromatic heterocycles. The lowest BCUT2D eigenvalue weighted by molar-refractivity contribution is -0.134. The number of likely N-dealkylation sites (N-methyl/N-ethyl adjacent to an activating group) is 1. The van der Waals surface area contributed by atoms with Crippen molar-refractivity contribution >= 4 is 32.7 Å². The van der Waals surface area contributed by atoms with Crippen LogP contribution >= 0.6 is 15.9 Å². The van der Waals surface area contributed by atoms with Gasteiger partial charge in [-0.3, -0.25) is 4.79 Å². The average Bonchev–Trinajstić information content (AvgIpc) is 3.21. The summed E-state index contributed by atoms with van der Waals surface area (Å²) in [6.45, 7) is 4.63. The van der Waals surface area contributed by atoms with Gasteiger partial charge < -0.3 is 14.6 Å². The molecule has 31 heavy (non-hydrogen) atoms. The first-order valence-corrected chi connectivity index (χ1v) is 11.2. The largest absolute Gasteiger partial charge is 0.484 e. The Balaban J connectivity index is 1.67. The Bertz CT molecular complexity index is 1170. The molecule has 0 aliphatic carbocycles. The number of nitrogens with one attached hydrogen (secondary N) is 1. The van der Waals surface area contributed by atoms with E-state index in [2.05, 4.69) is 64.2 Å². The van der Waals surface area contributed by atoms with Gasteiger partial charge >= 0.3 is 0 Å². The number of hydrogen-bond donors (Lipinski definition) is 1. The Morgan fingerprint density at radius 3 is 2.45 bits per heavy atom. The van der Waals surface area contributed by atoms with E-state index in [-0.39, 0.29) is 18.6 Å². The molecule has 0 radical (unpaired) electrons. The molecule has 1 heterocycles. The van der Waals surface area contributed by atoms with Crippen LogP contribution in [0.5, 0.6) is 5.75 Å². The first kappa shape index (κ1) is 21.2. The molecule has 4 nitrogen and oxygen atoms in total. The van der Waals surface area contributed by atoms with Gasteiger partial charge in [0.15, 0.2) is 6.61 Å². The van der Waals surface area contributed by atoms with Gasteiger partial charge in [0, 0.05) is 33.7 Å². The SMILES string of the molecule is CCN(C(=O)COc1ccc(Br)cc1)C(c1ccc(C)cc1)c1c[nH]c2ccccc12. The quantitative estimate of drug-likeness (QED) is 0.342. The zero-order chi connectivity index (χ0) is 21.8. The third-order valence-corrected chi connectivity index (χ3v) is 5.99. The molecule has 0 fully saturated rings. The predicted octanol–water partition coefficient (Wildman–Crippen LogP) is 6.26. The van der Waals surface area contributed by atoms with Gasteiger partial charge in [-0.15, -0.1) is 0 Å². The molecule has 0 aliphatic heterocycles. The highest BCUT2D eigenvalue weighted by molar-refractivity contribution is 9.10. The molecule has 0 saturated heterocycles. The summed E-state index contributed by atoms with van der Waals surface area (Å²) < 4.78 is 6.77. The summed E-state index contributed by atoms with van der Waals surface area (Å²) in [4.78, 5) is 18.6. The number of aryl methyl sites for hydroxylation is 1. The summed E-state index contributed by atoms with van der Waals surface area (Å²) in [5.41, 5.74) is 4.41. The highest BCUT2D eigenvalue weighted by atomic mass is 79.9. The molecule has 5 heteroatoms. The first-order valence-electron chi connectivity index (χ1n) is 10.4. The fraction of sp³-hybridized carbons (Fsp3) is 0.192. The zero-order valence-electron chi connectivity index (χ0n) is 17.6. The molecule has 3 aromatic carbocycles. The minimum Gasteiger partial charge on any atom is -0.484 e. The van der Waals surface area contributed by atoms with Crippen LogP contribution < -0.4 is 4.74 Å². The van der Waals surface area contributed by atoms with E-state index in [4.69, 9.17) is 4.74 Å². The Morgan fingerprint density at radius 2 is 1.74 bits per heavy atom. The van der Waals surface area contributed by atoms with E-state index in [9.17, 15) is 4.79 Å². The summed E-state index contributed by atoms with van der Waals surface area (Å²) in [5, 5.41) is 1.12. The number of H-pyrrole nitrogens is 1. The fourth-order valence-corrected chi connectivity index (χ4v) is 4.12. The van der Waals surface area contributed by atoms with E-state index in [1.807, 2.05) is 54.4 Å². The number of para-hydroxylation sites is 1. The third-order valence-electron chi connectivity index (χ3n) is 5.46. The molecule has 0 aliphatic rings. The van der Waals surface area contributed by atoms with Gasteiger partial charge in [-0.1, -0.05) is 64.0 Å². The van der Waals surface area contributed by atoms with Crippen molar-refractivity contribution < 1.29 is 9.53 Å². The first-order chi connectivity index (χ1) is 15.1. The van der Waals surface area contributed by atoms with Crippen molar-refractivity contribution in [2.45, 2.75) is 19.9 Å². The maximum atomic E-state index is 13.3. The minimum absolute atomic E-state index is 0.0137. The van der Waals surface area contributed by atoms with Gasteiger partial charge in [0.25, 0.3) is 5.91 Å². The number of ether oxygens (including phenoxy) is 1. The van der Waals surface area contributed by atoms with Crippen LogP contribution in [0.4, 0.5) is 0 Å². The van der Waals surface area contributed by atoms with E-state index < -0.39 is 0 Å². The maximum Gasteiger partial charge on any atom is 0.261 e. The number of fused-ring (bicyclic) bond motifs is 1. The molecular weight excluding hydrogens is 452 g/mol. The van der Waals surface area contributed by atoms with Crippen molar-refractivity contribution in [2.75, 3.05) is 13.2 Å². The summed E-state index contributed by atoms with van der Waals surface area (Å²) in [6.07, 6.45) is 2.01. The number of nitrogens with zero attached hydrogens (tertiary/aromatic N) is 1. The highest BCUT2D eigenvalue weighted by Crippen LogP contribution is 2.34. The molecule has 1 N–H and O–H groups in total. The standard InChI is InChI=1S/C26H25BrN2O2/c1-3-29(25(30)17-31-21-14-12-20(27)13-15-21)26(19-10-8-18(2)9-11-19)23-16-28-24-7-5-4-6-22(23)24/h4-16,26,28H,3,17H2,1-2H3. The zero-order valence-corrected chi connectivity index (χ0v) is 19.2. The van der Waals surface area contributed by atoms with Gasteiger partial charge in [-0.25, -0.2) is 0 Å². The van der Waals surface area contributed by atoms with Crippen LogP contribution in [-0.4, -0.2) is 28.9 Å². The molecule has 158 valence electrons. The number of carbonyl (C=O) groups is 1. The van der Waals surface area contributed by atoms with Crippen LogP contribution in [0.15, 0.2) is 83.5 Å². The molecule has 1 atom stereocenters. The van der Waals surface area contributed by atoms with E-state index >= 15 is 0 Å². The van der Waals surface area contributed by atoms with Crippen molar-refractivity contribution in [1.82, 2.24) is 9.88 Å². The van der Waals surface area contributed by atoms with Gasteiger partial charge in [0.2, 0.25) is 0 Å². The molecule has 0 bridgehead atoms. The van der Waals surface area contributed by atoms with Crippen LogP contribution in [0.2, 0.25) is 0 Å². The predicted molar refractivity (Wildman–Crippen MR) is 128 cm³/mol. The summed E-state index contributed by atoms with van der Waals surface area (Å²) in [6, 6.07) is 23.9. The molecular formula is C26H25BrN2O2. The van der Waals surface area contributed by atoms with E-state index in [0.717, 1.165) is 26.5 Å². The van der Waals surface area contributed by atoms with Crippen molar-refractivity contribution in [3.8, 4) is 5.75 Å². The number of carbonyl (C=O) groups excluding carboxylic acids is 1. The summed E-state index contributed by atoms with van der Waals surface area (Å²) in [7, 11) is 0. The summed E-state index contributed by atoms with van der Waals surface area (Å²) >= 11 is 3.42. The van der Waals surface area contributed by atoms with Gasteiger partial charge in [0.05, 0.1) is 6.04 Å². The molecule has 0 saturated carbocycles. The van der Waals surface area contributed by atoms with Crippen LogP contribution in [0.3, 0.4) is 0 Å². The molecule has 1 unspecified atom stereocenters. The van der Waals surface area contributed by atoms with Gasteiger partial charge in [-0.05, 0) is 49.7 Å². The topological polar surface area (TPSA) is 45.3 Å². The lowest BCUT2D eigenvalue weighted by Gasteiger charge is -2.31. The lowest BCUT2D eigenvalue weighted by atomic mass is 9.95. The number of rotatable bonds is 7. The number of hydrogen-bond acceptors (Lipinski definition) is 2. The fourth-order valence-electron chi connectivity index (χ4n) is 3.86. The monoisotopic (exact) mass is 476 g/mol. The molecule has 1 amide bonds. The van der Waals surface area contributed by atoms with Gasteiger partial charge in [0.1, 0.15) is 5.75 Å². The molecule has 4 aromatic rings. The second-order valence-electron chi connectivity index (χ2n) is 7.53. The second kappa shape index (κ2) is 9.40. The third kappa shape index (κ3) is 4.67. The maximum absolute atomic E-state index is 13.3. The molecule has 4 rings (SSSR count). The normalized spacial score (nSPS) is 12.0. The van der Waals surface area contributed by atoms with Crippen LogP contribution in [0, 0.1) is 6.92 Å². The lowest BCUT2D eigenvalue weighted by Crippen LogP contribution is -2.38. The Kier molecular flexibility index (Phi) is 6.42. The Labute approximate surface area is 191 Å². The van der Waals surface area contributed by atoms with Crippen molar-refractivity contribution in [1.29, 1.82) is 0 Å². The van der Waals surface area contributed by atoms with E-state index in [1.165, 1.54) is 5.56 Å². The number of halogens is 1. The van der Waals surface area contributed by atoms with Crippen molar-refractivity contribution in [3.63, 3.8) is 0 Å². The Morgan fingerprint density at radius 1 is 1.03 bits per heavy atom. The van der Waals surface area contributed by atoms with Crippen LogP contribution in [-0.2, 0) is 4.79 Å². The van der Waals surface area contributed by atoms with Gasteiger partial charge in [-0.2, -0.15) is 0 Å². The number of aromatic nitrogens is 1.